The van der Waals surface area contributed by atoms with Gasteiger partial charge >= 0.3 is 0 Å². The van der Waals surface area contributed by atoms with Crippen molar-refractivity contribution < 1.29 is 14.4 Å². The summed E-state index contributed by atoms with van der Waals surface area (Å²) in [4.78, 5) is 37.1. The minimum absolute atomic E-state index is 0.0993. The number of nitrogens with one attached hydrogen (secondary N) is 1. The summed E-state index contributed by atoms with van der Waals surface area (Å²) in [6, 6.07) is 0. The second-order valence-corrected chi connectivity index (χ2v) is 8.63. The summed E-state index contributed by atoms with van der Waals surface area (Å²) in [5, 5.41) is 3.14. The quantitative estimate of drug-likeness (QED) is 0.421. The van der Waals surface area contributed by atoms with Crippen molar-refractivity contribution in [2.45, 2.75) is 77.0 Å². The molecule has 2 aliphatic carbocycles. The normalized spacial score (nSPS) is 27.0. The molecule has 0 radical (unpaired) electrons. The molecule has 3 amide bonds. The highest BCUT2D eigenvalue weighted by atomic mass is 16.2. The van der Waals surface area contributed by atoms with E-state index in [1.807, 2.05) is 0 Å². The van der Waals surface area contributed by atoms with E-state index >= 15 is 0 Å². The minimum atomic E-state index is -0.200. The molecular weight excluding hydrogens is 340 g/mol. The van der Waals surface area contributed by atoms with Crippen molar-refractivity contribution in [1.82, 2.24) is 10.2 Å². The largest absolute Gasteiger partial charge is 0.356 e. The fourth-order valence-electron chi connectivity index (χ4n) is 4.88. The van der Waals surface area contributed by atoms with Crippen LogP contribution in [0, 0.1) is 17.8 Å². The molecule has 1 N–H and O–H groups in total. The number of carbonyl (C=O) groups is 3. The van der Waals surface area contributed by atoms with Crippen LogP contribution in [-0.4, -0.2) is 35.7 Å². The maximum absolute atomic E-state index is 12.4. The summed E-state index contributed by atoms with van der Waals surface area (Å²) in [7, 11) is 0. The molecule has 0 aromatic carbocycles. The average Bonchev–Trinajstić information content (AvgIpc) is 2.88. The minimum Gasteiger partial charge on any atom is -0.356 e. The van der Waals surface area contributed by atoms with Gasteiger partial charge in [-0.3, -0.25) is 19.3 Å². The van der Waals surface area contributed by atoms with Gasteiger partial charge in [0.1, 0.15) is 0 Å². The van der Waals surface area contributed by atoms with Crippen LogP contribution in [0.2, 0.25) is 0 Å². The van der Waals surface area contributed by atoms with E-state index in [0.29, 0.717) is 12.5 Å². The predicted octanol–water partition coefficient (Wildman–Crippen LogP) is 3.58. The van der Waals surface area contributed by atoms with E-state index in [2.05, 4.69) is 5.32 Å². The highest BCUT2D eigenvalue weighted by Crippen LogP contribution is 2.30. The van der Waals surface area contributed by atoms with Crippen molar-refractivity contribution >= 4 is 17.7 Å². The summed E-state index contributed by atoms with van der Waals surface area (Å²) < 4.78 is 0. The number of amides is 3. The van der Waals surface area contributed by atoms with E-state index in [4.69, 9.17) is 0 Å². The van der Waals surface area contributed by atoms with E-state index in [1.165, 1.54) is 62.0 Å². The average molecular weight is 375 g/mol. The highest BCUT2D eigenvalue weighted by molar-refractivity contribution is 6.12. The zero-order chi connectivity index (χ0) is 19.1. The molecule has 1 heterocycles. The van der Waals surface area contributed by atoms with Gasteiger partial charge in [0.05, 0.1) is 0 Å². The standard InChI is InChI=1S/C22H34N2O3/c25-20-13-14-21(26)24(20)16-18-9-11-19(12-10-18)22(27)23-15-5-8-17-6-3-1-2-4-7-17/h13-14,17-19H,1-12,15-16H2,(H,23,27). The summed E-state index contributed by atoms with van der Waals surface area (Å²) in [6.45, 7) is 1.30. The van der Waals surface area contributed by atoms with Crippen molar-refractivity contribution in [2.75, 3.05) is 13.1 Å². The first-order chi connectivity index (χ1) is 13.1. The Bertz CT molecular complexity index is 538. The number of rotatable bonds is 7. The maximum atomic E-state index is 12.4. The monoisotopic (exact) mass is 374 g/mol. The second kappa shape index (κ2) is 10.0. The molecule has 150 valence electrons. The van der Waals surface area contributed by atoms with E-state index < -0.39 is 0 Å². The van der Waals surface area contributed by atoms with Gasteiger partial charge in [0.25, 0.3) is 11.8 Å². The van der Waals surface area contributed by atoms with Crippen LogP contribution >= 0.6 is 0 Å². The fraction of sp³-hybridized carbons (Fsp3) is 0.773. The highest BCUT2D eigenvalue weighted by Gasteiger charge is 2.31. The zero-order valence-corrected chi connectivity index (χ0v) is 16.5. The van der Waals surface area contributed by atoms with Gasteiger partial charge in [-0.15, -0.1) is 0 Å². The van der Waals surface area contributed by atoms with Crippen molar-refractivity contribution in [3.05, 3.63) is 12.2 Å². The molecule has 2 fully saturated rings. The van der Waals surface area contributed by atoms with Crippen LogP contribution in [0.4, 0.5) is 0 Å². The van der Waals surface area contributed by atoms with Crippen molar-refractivity contribution in [3.8, 4) is 0 Å². The third-order valence-electron chi connectivity index (χ3n) is 6.62. The molecule has 0 saturated heterocycles. The molecule has 0 atom stereocenters. The molecule has 1 aliphatic heterocycles. The topological polar surface area (TPSA) is 66.5 Å². The number of imide groups is 1. The van der Waals surface area contributed by atoms with Gasteiger partial charge in [-0.1, -0.05) is 38.5 Å². The first kappa shape index (κ1) is 20.1. The van der Waals surface area contributed by atoms with Gasteiger partial charge in [-0.05, 0) is 50.4 Å². The molecule has 27 heavy (non-hydrogen) atoms. The van der Waals surface area contributed by atoms with Gasteiger partial charge in [0.2, 0.25) is 5.91 Å². The Morgan fingerprint density at radius 1 is 0.889 bits per heavy atom. The molecular formula is C22H34N2O3. The Morgan fingerprint density at radius 2 is 1.52 bits per heavy atom. The van der Waals surface area contributed by atoms with Gasteiger partial charge in [-0.2, -0.15) is 0 Å². The van der Waals surface area contributed by atoms with Crippen LogP contribution < -0.4 is 5.32 Å². The lowest BCUT2D eigenvalue weighted by molar-refractivity contribution is -0.138. The van der Waals surface area contributed by atoms with Crippen molar-refractivity contribution in [1.29, 1.82) is 0 Å². The maximum Gasteiger partial charge on any atom is 0.253 e. The zero-order valence-electron chi connectivity index (χ0n) is 16.5. The molecule has 0 bridgehead atoms. The summed E-state index contributed by atoms with van der Waals surface area (Å²) >= 11 is 0. The fourth-order valence-corrected chi connectivity index (χ4v) is 4.88. The van der Waals surface area contributed by atoms with Crippen LogP contribution in [-0.2, 0) is 14.4 Å². The van der Waals surface area contributed by atoms with Gasteiger partial charge in [0.15, 0.2) is 0 Å². The molecule has 3 rings (SSSR count). The van der Waals surface area contributed by atoms with Crippen LogP contribution in [0.1, 0.15) is 77.0 Å². The Kier molecular flexibility index (Phi) is 7.48. The van der Waals surface area contributed by atoms with Crippen LogP contribution in [0.15, 0.2) is 12.2 Å². The number of hydrogen-bond acceptors (Lipinski definition) is 3. The molecule has 0 aromatic heterocycles. The van der Waals surface area contributed by atoms with E-state index in [1.54, 1.807) is 0 Å². The number of carbonyl (C=O) groups excluding carboxylic acids is 3. The molecule has 2 saturated carbocycles. The molecule has 0 unspecified atom stereocenters. The van der Waals surface area contributed by atoms with Gasteiger partial charge < -0.3 is 5.32 Å². The van der Waals surface area contributed by atoms with Crippen LogP contribution in [0.25, 0.3) is 0 Å². The SMILES string of the molecule is O=C(NCCCC1CCCCCC1)C1CCC(CN2C(=O)C=CC2=O)CC1. The smallest absolute Gasteiger partial charge is 0.253 e. The predicted molar refractivity (Wildman–Crippen MR) is 105 cm³/mol. The lowest BCUT2D eigenvalue weighted by atomic mass is 9.81. The van der Waals surface area contributed by atoms with Gasteiger partial charge in [0, 0.05) is 31.2 Å². The van der Waals surface area contributed by atoms with Crippen LogP contribution in [0.5, 0.6) is 0 Å². The van der Waals surface area contributed by atoms with E-state index in [9.17, 15) is 14.4 Å². The number of hydrogen-bond donors (Lipinski definition) is 1. The third-order valence-corrected chi connectivity index (χ3v) is 6.62. The first-order valence-corrected chi connectivity index (χ1v) is 10.9. The first-order valence-electron chi connectivity index (χ1n) is 10.9. The molecule has 0 spiro atoms. The molecule has 3 aliphatic rings. The molecule has 5 heteroatoms. The summed E-state index contributed by atoms with van der Waals surface area (Å²) in [6.07, 6.45) is 16.9. The Labute approximate surface area is 162 Å². The molecule has 0 aromatic rings. The second-order valence-electron chi connectivity index (χ2n) is 8.63. The summed E-state index contributed by atoms with van der Waals surface area (Å²) in [5.74, 6) is 1.09. The Balaban J connectivity index is 1.29. The number of nitrogens with zero attached hydrogens (tertiary/aromatic N) is 1. The third kappa shape index (κ3) is 5.91. The van der Waals surface area contributed by atoms with Crippen LogP contribution in [0.3, 0.4) is 0 Å². The lowest BCUT2D eigenvalue weighted by Gasteiger charge is -2.30. The lowest BCUT2D eigenvalue weighted by Crippen LogP contribution is -2.38. The van der Waals surface area contributed by atoms with E-state index in [0.717, 1.165) is 44.6 Å². The Morgan fingerprint density at radius 3 is 2.15 bits per heavy atom. The Hall–Kier alpha value is -1.65. The van der Waals surface area contributed by atoms with Crippen molar-refractivity contribution in [2.24, 2.45) is 17.8 Å². The van der Waals surface area contributed by atoms with Crippen molar-refractivity contribution in [3.63, 3.8) is 0 Å². The summed E-state index contributed by atoms with van der Waals surface area (Å²) in [5.41, 5.74) is 0. The molecule has 5 nitrogen and oxygen atoms in total. The van der Waals surface area contributed by atoms with Gasteiger partial charge in [-0.25, -0.2) is 0 Å². The van der Waals surface area contributed by atoms with E-state index in [-0.39, 0.29) is 23.6 Å².